The van der Waals surface area contributed by atoms with Crippen LogP contribution in [0.15, 0.2) is 0 Å². The molecule has 1 aromatic heterocycles. The van der Waals surface area contributed by atoms with Crippen molar-refractivity contribution in [1.82, 2.24) is 4.98 Å². The zero-order valence-electron chi connectivity index (χ0n) is 11.7. The van der Waals surface area contributed by atoms with Crippen molar-refractivity contribution < 1.29 is 19.1 Å². The van der Waals surface area contributed by atoms with Gasteiger partial charge in [0, 0.05) is 6.92 Å². The van der Waals surface area contributed by atoms with Crippen molar-refractivity contribution in [2.75, 3.05) is 5.32 Å². The summed E-state index contributed by atoms with van der Waals surface area (Å²) in [6, 6.07) is 0. The Labute approximate surface area is 116 Å². The predicted octanol–water partition coefficient (Wildman–Crippen LogP) is 2.98. The maximum Gasteiger partial charge on any atom is 0.413 e. The maximum atomic E-state index is 11.6. The fraction of sp³-hybridized carbons (Fsp3) is 0.583. The second kappa shape index (κ2) is 6.01. The van der Waals surface area contributed by atoms with Crippen molar-refractivity contribution >= 4 is 28.5 Å². The zero-order valence-corrected chi connectivity index (χ0v) is 12.5. The van der Waals surface area contributed by atoms with Gasteiger partial charge in [0.05, 0.1) is 5.69 Å². The van der Waals surface area contributed by atoms with Gasteiger partial charge in [0.15, 0.2) is 5.13 Å². The molecular formula is C12H18N2O4S. The van der Waals surface area contributed by atoms with E-state index in [4.69, 9.17) is 9.47 Å². The molecule has 0 unspecified atom stereocenters. The average molecular weight is 286 g/mol. The monoisotopic (exact) mass is 286 g/mol. The molecule has 0 atom stereocenters. The van der Waals surface area contributed by atoms with Crippen LogP contribution >= 0.6 is 11.3 Å². The van der Waals surface area contributed by atoms with E-state index in [0.29, 0.717) is 22.3 Å². The van der Waals surface area contributed by atoms with Gasteiger partial charge < -0.3 is 9.47 Å². The van der Waals surface area contributed by atoms with Crippen LogP contribution in [0.1, 0.15) is 40.3 Å². The number of amides is 1. The second-order valence-corrected chi connectivity index (χ2v) is 5.79. The largest absolute Gasteiger partial charge is 0.444 e. The summed E-state index contributed by atoms with van der Waals surface area (Å²) in [6.07, 6.45) is 0.0213. The lowest BCUT2D eigenvalue weighted by Crippen LogP contribution is -2.27. The molecule has 1 heterocycles. The Morgan fingerprint density at radius 3 is 2.47 bits per heavy atom. The van der Waals surface area contributed by atoms with Crippen molar-refractivity contribution in [2.24, 2.45) is 0 Å². The third kappa shape index (κ3) is 5.25. The highest BCUT2D eigenvalue weighted by Crippen LogP contribution is 2.31. The number of thiazole rings is 1. The van der Waals surface area contributed by atoms with E-state index in [1.54, 1.807) is 20.8 Å². The Kier molecular flexibility index (Phi) is 4.88. The van der Waals surface area contributed by atoms with Gasteiger partial charge in [-0.2, -0.15) is 0 Å². The Hall–Kier alpha value is -1.63. The van der Waals surface area contributed by atoms with Crippen LogP contribution in [0.4, 0.5) is 9.93 Å². The minimum atomic E-state index is -0.585. The van der Waals surface area contributed by atoms with E-state index >= 15 is 0 Å². The van der Waals surface area contributed by atoms with Crippen molar-refractivity contribution in [3.63, 3.8) is 0 Å². The maximum absolute atomic E-state index is 11.6. The van der Waals surface area contributed by atoms with Crippen LogP contribution < -0.4 is 10.1 Å². The van der Waals surface area contributed by atoms with Crippen LogP contribution in [0.25, 0.3) is 0 Å². The quantitative estimate of drug-likeness (QED) is 0.864. The molecule has 19 heavy (non-hydrogen) atoms. The summed E-state index contributed by atoms with van der Waals surface area (Å²) in [5.74, 6) is -0.415. The van der Waals surface area contributed by atoms with Gasteiger partial charge in [-0.15, -0.1) is 0 Å². The summed E-state index contributed by atoms with van der Waals surface area (Å²) in [5, 5.41) is 3.27. The first-order chi connectivity index (χ1) is 8.71. The van der Waals surface area contributed by atoms with Crippen molar-refractivity contribution in [2.45, 2.75) is 46.6 Å². The number of esters is 1. The molecule has 106 valence electrons. The first-order valence-electron chi connectivity index (χ1n) is 5.89. The van der Waals surface area contributed by atoms with E-state index in [1.165, 1.54) is 6.92 Å². The fourth-order valence-electron chi connectivity index (χ4n) is 1.22. The SMILES string of the molecule is CCc1nc(NC(=O)OC(C)(C)C)sc1OC(C)=O. The molecule has 0 bridgehead atoms. The molecule has 0 spiro atoms. The molecule has 1 N–H and O–H groups in total. The molecule has 1 amide bonds. The Morgan fingerprint density at radius 2 is 2.00 bits per heavy atom. The summed E-state index contributed by atoms with van der Waals surface area (Å²) in [5.41, 5.74) is 0.0550. The van der Waals surface area contributed by atoms with Crippen molar-refractivity contribution in [3.8, 4) is 5.06 Å². The minimum Gasteiger partial charge on any atom is -0.444 e. The molecule has 0 fully saturated rings. The lowest BCUT2D eigenvalue weighted by molar-refractivity contribution is -0.131. The molecule has 0 aliphatic heterocycles. The number of rotatable bonds is 3. The minimum absolute atomic E-state index is 0.349. The number of carbonyl (C=O) groups is 2. The topological polar surface area (TPSA) is 77.5 Å². The molecule has 1 rings (SSSR count). The van der Waals surface area contributed by atoms with E-state index < -0.39 is 17.7 Å². The van der Waals surface area contributed by atoms with Crippen LogP contribution in [-0.2, 0) is 16.0 Å². The first-order valence-corrected chi connectivity index (χ1v) is 6.71. The Morgan fingerprint density at radius 1 is 1.37 bits per heavy atom. The highest BCUT2D eigenvalue weighted by molar-refractivity contribution is 7.17. The number of hydrogen-bond acceptors (Lipinski definition) is 6. The van der Waals surface area contributed by atoms with E-state index in [1.807, 2.05) is 6.92 Å². The summed E-state index contributed by atoms with van der Waals surface area (Å²) in [6.45, 7) is 8.53. The first kappa shape index (κ1) is 15.4. The number of carbonyl (C=O) groups excluding carboxylic acids is 2. The van der Waals surface area contributed by atoms with Crippen LogP contribution in [-0.4, -0.2) is 22.6 Å². The zero-order chi connectivity index (χ0) is 14.6. The van der Waals surface area contributed by atoms with Gasteiger partial charge in [-0.25, -0.2) is 9.78 Å². The average Bonchev–Trinajstić information content (AvgIpc) is 2.55. The number of nitrogens with one attached hydrogen (secondary N) is 1. The molecule has 0 aliphatic carbocycles. The normalized spacial score (nSPS) is 11.0. The van der Waals surface area contributed by atoms with Gasteiger partial charge in [0.25, 0.3) is 0 Å². The van der Waals surface area contributed by atoms with Gasteiger partial charge in [-0.05, 0) is 27.2 Å². The lowest BCUT2D eigenvalue weighted by atomic mass is 10.2. The van der Waals surface area contributed by atoms with Gasteiger partial charge in [-0.3, -0.25) is 10.1 Å². The van der Waals surface area contributed by atoms with Crippen LogP contribution in [0, 0.1) is 0 Å². The van der Waals surface area contributed by atoms with Crippen LogP contribution in [0.3, 0.4) is 0 Å². The Bertz CT molecular complexity index is 477. The summed E-state index contributed by atoms with van der Waals surface area (Å²) in [7, 11) is 0. The summed E-state index contributed by atoms with van der Waals surface area (Å²) >= 11 is 1.10. The number of nitrogens with zero attached hydrogens (tertiary/aromatic N) is 1. The van der Waals surface area contributed by atoms with Gasteiger partial charge in [0.1, 0.15) is 5.60 Å². The van der Waals surface area contributed by atoms with E-state index in [-0.39, 0.29) is 0 Å². The summed E-state index contributed by atoms with van der Waals surface area (Å²) < 4.78 is 10.1. The van der Waals surface area contributed by atoms with Crippen LogP contribution in [0.5, 0.6) is 5.06 Å². The summed E-state index contributed by atoms with van der Waals surface area (Å²) in [4.78, 5) is 26.7. The van der Waals surface area contributed by atoms with Crippen molar-refractivity contribution in [1.29, 1.82) is 0 Å². The molecule has 0 radical (unpaired) electrons. The predicted molar refractivity (Wildman–Crippen MR) is 72.7 cm³/mol. The number of aryl methyl sites for hydroxylation is 1. The number of anilines is 1. The third-order valence-electron chi connectivity index (χ3n) is 1.84. The lowest BCUT2D eigenvalue weighted by Gasteiger charge is -2.18. The van der Waals surface area contributed by atoms with E-state index in [0.717, 1.165) is 11.3 Å². The van der Waals surface area contributed by atoms with Crippen molar-refractivity contribution in [3.05, 3.63) is 5.69 Å². The third-order valence-corrected chi connectivity index (χ3v) is 2.73. The van der Waals surface area contributed by atoms with Crippen LogP contribution in [0.2, 0.25) is 0 Å². The molecule has 0 aliphatic rings. The molecule has 7 heteroatoms. The smallest absolute Gasteiger partial charge is 0.413 e. The van der Waals surface area contributed by atoms with Gasteiger partial charge in [0.2, 0.25) is 5.06 Å². The number of aromatic nitrogens is 1. The number of hydrogen-bond donors (Lipinski definition) is 1. The molecule has 0 saturated carbocycles. The highest BCUT2D eigenvalue weighted by Gasteiger charge is 2.19. The second-order valence-electron chi connectivity index (χ2n) is 4.83. The molecular weight excluding hydrogens is 268 g/mol. The molecule has 1 aromatic rings. The van der Waals surface area contributed by atoms with E-state index in [2.05, 4.69) is 10.3 Å². The van der Waals surface area contributed by atoms with Gasteiger partial charge in [-0.1, -0.05) is 18.3 Å². The van der Waals surface area contributed by atoms with E-state index in [9.17, 15) is 9.59 Å². The Balaban J connectivity index is 2.77. The molecule has 0 aromatic carbocycles. The van der Waals surface area contributed by atoms with Gasteiger partial charge >= 0.3 is 12.1 Å². The standard InChI is InChI=1S/C12H18N2O4S/c1-6-8-9(17-7(2)15)19-10(13-8)14-11(16)18-12(3,4)5/h6H2,1-5H3,(H,13,14,16). The molecule has 0 saturated heterocycles. The highest BCUT2D eigenvalue weighted by atomic mass is 32.1. The fourth-order valence-corrected chi connectivity index (χ4v) is 2.15. The number of ether oxygens (including phenoxy) is 2. The molecule has 6 nitrogen and oxygen atoms in total.